The summed E-state index contributed by atoms with van der Waals surface area (Å²) in [6.07, 6.45) is 2.10. The van der Waals surface area contributed by atoms with E-state index in [1.54, 1.807) is 0 Å². The second kappa shape index (κ2) is 7.41. The van der Waals surface area contributed by atoms with Crippen LogP contribution in [0.1, 0.15) is 40.2 Å². The van der Waals surface area contributed by atoms with Crippen LogP contribution in [0, 0.1) is 12.8 Å². The van der Waals surface area contributed by atoms with Crippen molar-refractivity contribution in [2.75, 3.05) is 13.1 Å². The van der Waals surface area contributed by atoms with E-state index in [2.05, 4.69) is 52.4 Å². The van der Waals surface area contributed by atoms with Gasteiger partial charge in [0.05, 0.1) is 5.92 Å². The third-order valence-corrected chi connectivity index (χ3v) is 5.37. The molecule has 3 heteroatoms. The van der Waals surface area contributed by atoms with Crippen molar-refractivity contribution >= 4 is 21.7 Å². The molecule has 1 saturated heterocycles. The minimum absolute atomic E-state index is 0.0595. The number of piperidine rings is 1. The third kappa shape index (κ3) is 3.73. The Hall–Kier alpha value is -1.45. The van der Waals surface area contributed by atoms with Crippen LogP contribution >= 0.6 is 15.9 Å². The number of benzene rings is 2. The first-order valence-corrected chi connectivity index (χ1v) is 9.02. The summed E-state index contributed by atoms with van der Waals surface area (Å²) in [7, 11) is 0. The van der Waals surface area contributed by atoms with Gasteiger partial charge in [0.1, 0.15) is 0 Å². The van der Waals surface area contributed by atoms with E-state index in [4.69, 9.17) is 0 Å². The SMILES string of the molecule is Cc1cccc(C(C(=O)c2ccccc2Br)C2CCNCC2)c1. The number of carbonyl (C=O) groups is 1. The van der Waals surface area contributed by atoms with Crippen LogP contribution in [0.5, 0.6) is 0 Å². The zero-order valence-corrected chi connectivity index (χ0v) is 15.0. The van der Waals surface area contributed by atoms with Gasteiger partial charge >= 0.3 is 0 Å². The molecule has 1 heterocycles. The quantitative estimate of drug-likeness (QED) is 0.787. The molecule has 1 fully saturated rings. The Labute approximate surface area is 146 Å². The molecule has 120 valence electrons. The highest BCUT2D eigenvalue weighted by Crippen LogP contribution is 2.35. The smallest absolute Gasteiger partial charge is 0.171 e. The topological polar surface area (TPSA) is 29.1 Å². The molecule has 1 unspecified atom stereocenters. The molecule has 0 aliphatic carbocycles. The summed E-state index contributed by atoms with van der Waals surface area (Å²) in [5, 5.41) is 3.40. The molecule has 1 atom stereocenters. The van der Waals surface area contributed by atoms with Crippen LogP contribution in [-0.4, -0.2) is 18.9 Å². The highest BCUT2D eigenvalue weighted by Gasteiger charge is 2.32. The van der Waals surface area contributed by atoms with Crippen LogP contribution in [0.4, 0.5) is 0 Å². The maximum absolute atomic E-state index is 13.3. The van der Waals surface area contributed by atoms with Gasteiger partial charge in [0, 0.05) is 10.0 Å². The van der Waals surface area contributed by atoms with Gasteiger partial charge in [0.25, 0.3) is 0 Å². The number of aryl methyl sites for hydroxylation is 1. The lowest BCUT2D eigenvalue weighted by Crippen LogP contribution is -2.33. The number of nitrogens with one attached hydrogen (secondary N) is 1. The number of hydrogen-bond acceptors (Lipinski definition) is 2. The minimum atomic E-state index is -0.0595. The molecule has 0 saturated carbocycles. The van der Waals surface area contributed by atoms with Crippen molar-refractivity contribution in [3.8, 4) is 0 Å². The van der Waals surface area contributed by atoms with Gasteiger partial charge in [-0.3, -0.25) is 4.79 Å². The number of ketones is 1. The Balaban J connectivity index is 2.01. The first-order chi connectivity index (χ1) is 11.2. The largest absolute Gasteiger partial charge is 0.317 e. The van der Waals surface area contributed by atoms with E-state index in [-0.39, 0.29) is 11.7 Å². The van der Waals surface area contributed by atoms with E-state index in [9.17, 15) is 4.79 Å². The monoisotopic (exact) mass is 371 g/mol. The molecular weight excluding hydrogens is 350 g/mol. The second-order valence-electron chi connectivity index (χ2n) is 6.32. The number of Topliss-reactive ketones (excluding diaryl/α,β-unsaturated/α-hetero) is 1. The maximum atomic E-state index is 13.3. The van der Waals surface area contributed by atoms with Gasteiger partial charge < -0.3 is 5.32 Å². The predicted molar refractivity (Wildman–Crippen MR) is 98.0 cm³/mol. The summed E-state index contributed by atoms with van der Waals surface area (Å²) in [6.45, 7) is 4.08. The van der Waals surface area contributed by atoms with Crippen LogP contribution in [-0.2, 0) is 0 Å². The summed E-state index contributed by atoms with van der Waals surface area (Å²) < 4.78 is 0.886. The lowest BCUT2D eigenvalue weighted by atomic mass is 9.76. The summed E-state index contributed by atoms with van der Waals surface area (Å²) in [6, 6.07) is 16.2. The molecule has 0 aromatic heterocycles. The van der Waals surface area contributed by atoms with Crippen LogP contribution in [0.3, 0.4) is 0 Å². The van der Waals surface area contributed by atoms with Crippen LogP contribution in [0.2, 0.25) is 0 Å². The zero-order valence-electron chi connectivity index (χ0n) is 13.4. The van der Waals surface area contributed by atoms with Crippen molar-refractivity contribution in [3.05, 3.63) is 69.7 Å². The fourth-order valence-electron chi connectivity index (χ4n) is 3.51. The first kappa shape index (κ1) is 16.4. The van der Waals surface area contributed by atoms with Crippen molar-refractivity contribution in [2.45, 2.75) is 25.7 Å². The number of hydrogen-bond donors (Lipinski definition) is 1. The van der Waals surface area contributed by atoms with Gasteiger partial charge in [-0.15, -0.1) is 0 Å². The number of rotatable bonds is 4. The Bertz CT molecular complexity index is 692. The number of halogens is 1. The summed E-state index contributed by atoms with van der Waals surface area (Å²) in [5.74, 6) is 0.573. The Morgan fingerprint density at radius 2 is 1.87 bits per heavy atom. The average molecular weight is 372 g/mol. The summed E-state index contributed by atoms with van der Waals surface area (Å²) in [5.41, 5.74) is 3.15. The van der Waals surface area contributed by atoms with Gasteiger partial charge in [-0.25, -0.2) is 0 Å². The molecule has 23 heavy (non-hydrogen) atoms. The molecule has 3 rings (SSSR count). The molecule has 1 N–H and O–H groups in total. The van der Waals surface area contributed by atoms with Crippen molar-refractivity contribution in [1.29, 1.82) is 0 Å². The van der Waals surface area contributed by atoms with Crippen molar-refractivity contribution < 1.29 is 4.79 Å². The third-order valence-electron chi connectivity index (χ3n) is 4.68. The normalized spacial score (nSPS) is 17.0. The number of carbonyl (C=O) groups excluding carboxylic acids is 1. The van der Waals surface area contributed by atoms with Gasteiger partial charge in [-0.1, -0.05) is 64.0 Å². The molecule has 0 radical (unpaired) electrons. The van der Waals surface area contributed by atoms with Crippen LogP contribution in [0.15, 0.2) is 53.0 Å². The molecule has 0 bridgehead atoms. The standard InChI is InChI=1S/C20H22BrNO/c1-14-5-4-6-16(13-14)19(15-9-11-22-12-10-15)20(23)17-7-2-3-8-18(17)21/h2-8,13,15,19,22H,9-12H2,1H3. The zero-order chi connectivity index (χ0) is 16.2. The van der Waals surface area contributed by atoms with E-state index in [0.717, 1.165) is 41.5 Å². The van der Waals surface area contributed by atoms with Crippen molar-refractivity contribution in [1.82, 2.24) is 5.32 Å². The van der Waals surface area contributed by atoms with Gasteiger partial charge in [0.15, 0.2) is 5.78 Å². The Morgan fingerprint density at radius 1 is 1.13 bits per heavy atom. The molecule has 0 amide bonds. The van der Waals surface area contributed by atoms with E-state index in [1.807, 2.05) is 24.3 Å². The lowest BCUT2D eigenvalue weighted by Gasteiger charge is -2.30. The molecular formula is C20H22BrNO. The van der Waals surface area contributed by atoms with Gasteiger partial charge in [-0.2, -0.15) is 0 Å². The highest BCUT2D eigenvalue weighted by molar-refractivity contribution is 9.10. The molecule has 0 spiro atoms. The maximum Gasteiger partial charge on any atom is 0.171 e. The van der Waals surface area contributed by atoms with Gasteiger partial charge in [0.2, 0.25) is 0 Å². The van der Waals surface area contributed by atoms with Crippen molar-refractivity contribution in [2.24, 2.45) is 5.92 Å². The molecule has 2 aromatic rings. The fraction of sp³-hybridized carbons (Fsp3) is 0.350. The fourth-order valence-corrected chi connectivity index (χ4v) is 3.99. The first-order valence-electron chi connectivity index (χ1n) is 8.23. The Kier molecular flexibility index (Phi) is 5.29. The highest BCUT2D eigenvalue weighted by atomic mass is 79.9. The van der Waals surface area contributed by atoms with E-state index in [1.165, 1.54) is 5.56 Å². The van der Waals surface area contributed by atoms with E-state index < -0.39 is 0 Å². The summed E-state index contributed by atoms with van der Waals surface area (Å²) in [4.78, 5) is 13.3. The molecule has 2 aromatic carbocycles. The van der Waals surface area contributed by atoms with Gasteiger partial charge in [-0.05, 0) is 50.4 Å². The van der Waals surface area contributed by atoms with Crippen LogP contribution < -0.4 is 5.32 Å². The average Bonchev–Trinajstić information content (AvgIpc) is 2.56. The second-order valence-corrected chi connectivity index (χ2v) is 7.18. The van der Waals surface area contributed by atoms with E-state index >= 15 is 0 Å². The summed E-state index contributed by atoms with van der Waals surface area (Å²) >= 11 is 3.54. The van der Waals surface area contributed by atoms with Crippen molar-refractivity contribution in [3.63, 3.8) is 0 Å². The molecule has 2 nitrogen and oxygen atoms in total. The van der Waals surface area contributed by atoms with Crippen LogP contribution in [0.25, 0.3) is 0 Å². The predicted octanol–water partition coefficient (Wildman–Crippen LogP) is 4.72. The molecule has 1 aliphatic heterocycles. The van der Waals surface area contributed by atoms with E-state index in [0.29, 0.717) is 5.92 Å². The molecule has 1 aliphatic rings. The lowest BCUT2D eigenvalue weighted by molar-refractivity contribution is 0.0915. The Morgan fingerprint density at radius 3 is 2.57 bits per heavy atom. The minimum Gasteiger partial charge on any atom is -0.317 e.